The molecule has 0 spiro atoms. The lowest BCUT2D eigenvalue weighted by Crippen LogP contribution is -2.08. The molecule has 2 aromatic rings. The number of carbonyl (C=O) groups is 1. The first kappa shape index (κ1) is 12.5. The molecule has 0 fully saturated rings. The topological polar surface area (TPSA) is 42.4 Å². The summed E-state index contributed by atoms with van der Waals surface area (Å²) in [6.45, 7) is 0. The lowest BCUT2D eigenvalue weighted by atomic mass is 10.3. The second kappa shape index (κ2) is 5.14. The van der Waals surface area contributed by atoms with Crippen molar-refractivity contribution >= 4 is 28.1 Å². The fourth-order valence-corrected chi connectivity index (χ4v) is 2.23. The van der Waals surface area contributed by atoms with Gasteiger partial charge in [-0.15, -0.1) is 0 Å². The number of carbonyl (C=O) groups excluding carboxylic acids is 1. The summed E-state index contributed by atoms with van der Waals surface area (Å²) in [5.74, 6) is -0.740. The number of halogens is 1. The van der Waals surface area contributed by atoms with E-state index in [1.54, 1.807) is 24.1 Å². The number of nitrogens with zero attached hydrogens (tertiary/aromatic N) is 2. The first-order valence-electron chi connectivity index (χ1n) is 5.15. The van der Waals surface area contributed by atoms with E-state index in [1.807, 2.05) is 0 Å². The molecular weight excluding hydrogens is 255 g/mol. The van der Waals surface area contributed by atoms with Crippen LogP contribution in [0.2, 0.25) is 0 Å². The second-order valence-corrected chi connectivity index (χ2v) is 4.55. The van der Waals surface area contributed by atoms with Crippen molar-refractivity contribution in [3.8, 4) is 0 Å². The molecule has 6 heteroatoms. The fraction of sp³-hybridized carbons (Fsp3) is 0.167. The maximum absolute atomic E-state index is 13.1. The number of thiazole rings is 1. The van der Waals surface area contributed by atoms with E-state index in [0.717, 1.165) is 0 Å². The van der Waals surface area contributed by atoms with Gasteiger partial charge in [-0.25, -0.2) is 14.2 Å². The molecule has 1 aromatic carbocycles. The van der Waals surface area contributed by atoms with Crippen molar-refractivity contribution in [2.45, 2.75) is 0 Å². The van der Waals surface area contributed by atoms with Gasteiger partial charge in [0.2, 0.25) is 0 Å². The molecule has 0 unspecified atom stereocenters. The number of aromatic nitrogens is 1. The van der Waals surface area contributed by atoms with Gasteiger partial charge in [0, 0.05) is 12.7 Å². The summed E-state index contributed by atoms with van der Waals surface area (Å²) in [7, 11) is 3.08. The first-order valence-corrected chi connectivity index (χ1v) is 5.97. The maximum Gasteiger partial charge on any atom is 0.349 e. The summed E-state index contributed by atoms with van der Waals surface area (Å²) in [4.78, 5) is 17.5. The predicted octanol–water partition coefficient (Wildman–Crippen LogP) is 2.84. The smallest absolute Gasteiger partial charge is 0.349 e. The van der Waals surface area contributed by atoms with Crippen molar-refractivity contribution in [3.05, 3.63) is 41.2 Å². The van der Waals surface area contributed by atoms with Gasteiger partial charge in [0.25, 0.3) is 0 Å². The van der Waals surface area contributed by atoms with E-state index in [-0.39, 0.29) is 5.82 Å². The molecule has 1 aromatic heterocycles. The van der Waals surface area contributed by atoms with Crippen LogP contribution in [0.25, 0.3) is 0 Å². The van der Waals surface area contributed by atoms with Crippen LogP contribution in [0.4, 0.5) is 15.2 Å². The Morgan fingerprint density at radius 1 is 1.50 bits per heavy atom. The average Bonchev–Trinajstić information content (AvgIpc) is 2.86. The van der Waals surface area contributed by atoms with Gasteiger partial charge in [-0.1, -0.05) is 17.4 Å². The molecule has 1 heterocycles. The Hall–Kier alpha value is -1.95. The number of anilines is 2. The highest BCUT2D eigenvalue weighted by atomic mass is 32.1. The molecule has 0 N–H and O–H groups in total. The maximum atomic E-state index is 13.1. The lowest BCUT2D eigenvalue weighted by Gasteiger charge is -2.15. The molecule has 0 radical (unpaired) electrons. The Morgan fingerprint density at radius 3 is 2.94 bits per heavy atom. The van der Waals surface area contributed by atoms with Crippen molar-refractivity contribution in [1.82, 2.24) is 4.98 Å². The zero-order valence-electron chi connectivity index (χ0n) is 9.88. The average molecular weight is 266 g/mol. The molecule has 0 saturated heterocycles. The van der Waals surface area contributed by atoms with Crippen molar-refractivity contribution in [2.75, 3.05) is 19.1 Å². The van der Waals surface area contributed by atoms with Crippen molar-refractivity contribution in [1.29, 1.82) is 0 Å². The van der Waals surface area contributed by atoms with Gasteiger partial charge in [0.1, 0.15) is 10.7 Å². The number of rotatable bonds is 3. The highest BCUT2D eigenvalue weighted by Gasteiger charge is 2.14. The number of ether oxygens (including phenoxy) is 1. The highest BCUT2D eigenvalue weighted by Crippen LogP contribution is 2.28. The van der Waals surface area contributed by atoms with E-state index < -0.39 is 5.97 Å². The molecular formula is C12H11FN2O2S. The molecule has 94 valence electrons. The molecule has 0 bridgehead atoms. The summed E-state index contributed by atoms with van der Waals surface area (Å²) in [5.41, 5.74) is 0.667. The molecule has 0 aliphatic carbocycles. The van der Waals surface area contributed by atoms with Gasteiger partial charge in [-0.3, -0.25) is 0 Å². The summed E-state index contributed by atoms with van der Waals surface area (Å²) in [6.07, 6.45) is 1.45. The van der Waals surface area contributed by atoms with Crippen molar-refractivity contribution in [2.24, 2.45) is 0 Å². The highest BCUT2D eigenvalue weighted by molar-refractivity contribution is 7.17. The summed E-state index contributed by atoms with van der Waals surface area (Å²) in [6, 6.07) is 6.16. The quantitative estimate of drug-likeness (QED) is 0.801. The van der Waals surface area contributed by atoms with Crippen LogP contribution in [0.5, 0.6) is 0 Å². The zero-order valence-corrected chi connectivity index (χ0v) is 10.7. The zero-order chi connectivity index (χ0) is 13.1. The van der Waals surface area contributed by atoms with E-state index in [4.69, 9.17) is 0 Å². The van der Waals surface area contributed by atoms with E-state index in [1.165, 1.54) is 36.8 Å². The minimum Gasteiger partial charge on any atom is -0.465 e. The lowest BCUT2D eigenvalue weighted by molar-refractivity contribution is 0.0606. The molecule has 0 saturated carbocycles. The summed E-state index contributed by atoms with van der Waals surface area (Å²) < 4.78 is 17.7. The van der Waals surface area contributed by atoms with Crippen molar-refractivity contribution < 1.29 is 13.9 Å². The van der Waals surface area contributed by atoms with Crippen LogP contribution >= 0.6 is 11.3 Å². The summed E-state index contributed by atoms with van der Waals surface area (Å²) >= 11 is 1.19. The first-order chi connectivity index (χ1) is 8.61. The van der Waals surface area contributed by atoms with Gasteiger partial charge in [0.15, 0.2) is 5.13 Å². The normalized spacial score (nSPS) is 10.2. The van der Waals surface area contributed by atoms with E-state index in [0.29, 0.717) is 15.7 Å². The van der Waals surface area contributed by atoms with Gasteiger partial charge in [0.05, 0.1) is 13.3 Å². The van der Waals surface area contributed by atoms with Gasteiger partial charge in [-0.05, 0) is 18.2 Å². The Labute approximate surface area is 108 Å². The van der Waals surface area contributed by atoms with E-state index in [2.05, 4.69) is 9.72 Å². The molecule has 0 atom stereocenters. The second-order valence-electron chi connectivity index (χ2n) is 3.54. The minimum absolute atomic E-state index is 0.316. The predicted molar refractivity (Wildman–Crippen MR) is 67.9 cm³/mol. The minimum atomic E-state index is -0.425. The van der Waals surface area contributed by atoms with Crippen LogP contribution in [0, 0.1) is 5.82 Å². The molecule has 0 amide bonds. The fourth-order valence-electron chi connectivity index (χ4n) is 1.41. The number of benzene rings is 1. The van der Waals surface area contributed by atoms with Crippen LogP contribution in [0.1, 0.15) is 9.67 Å². The third kappa shape index (κ3) is 2.48. The van der Waals surface area contributed by atoms with E-state index in [9.17, 15) is 9.18 Å². The number of methoxy groups -OCH3 is 1. The Bertz CT molecular complexity index is 571. The number of esters is 1. The standard InChI is InChI=1S/C12H11FN2O2S/c1-15(9-5-3-4-8(13)6-9)12-14-7-10(18-12)11(16)17-2/h3-7H,1-2H3. The molecule has 4 nitrogen and oxygen atoms in total. The van der Waals surface area contributed by atoms with Crippen LogP contribution in [-0.2, 0) is 4.74 Å². The van der Waals surface area contributed by atoms with Crippen molar-refractivity contribution in [3.63, 3.8) is 0 Å². The Kier molecular flexibility index (Phi) is 3.57. The van der Waals surface area contributed by atoms with Crippen LogP contribution in [-0.4, -0.2) is 25.1 Å². The van der Waals surface area contributed by atoms with Crippen LogP contribution in [0.3, 0.4) is 0 Å². The van der Waals surface area contributed by atoms with Gasteiger partial charge < -0.3 is 9.64 Å². The third-order valence-electron chi connectivity index (χ3n) is 2.36. The largest absolute Gasteiger partial charge is 0.465 e. The monoisotopic (exact) mass is 266 g/mol. The Balaban J connectivity index is 2.26. The molecule has 0 aliphatic rings. The molecule has 0 aliphatic heterocycles. The van der Waals surface area contributed by atoms with Crippen LogP contribution < -0.4 is 4.90 Å². The van der Waals surface area contributed by atoms with Crippen LogP contribution in [0.15, 0.2) is 30.5 Å². The third-order valence-corrected chi connectivity index (χ3v) is 3.42. The van der Waals surface area contributed by atoms with Gasteiger partial charge in [-0.2, -0.15) is 0 Å². The SMILES string of the molecule is COC(=O)c1cnc(N(C)c2cccc(F)c2)s1. The number of hydrogen-bond donors (Lipinski definition) is 0. The molecule has 18 heavy (non-hydrogen) atoms. The van der Waals surface area contributed by atoms with E-state index >= 15 is 0 Å². The molecule has 2 rings (SSSR count). The van der Waals surface area contributed by atoms with Gasteiger partial charge >= 0.3 is 5.97 Å². The summed E-state index contributed by atoms with van der Waals surface area (Å²) in [5, 5.41) is 0.598. The Morgan fingerprint density at radius 2 is 2.28 bits per heavy atom. The number of hydrogen-bond acceptors (Lipinski definition) is 5.